The SMILES string of the molecule is [CH2]C=C.[Cl][Rh][Cl].c1ccc([As](c2ccccc2)c2ccccc2)cc1.c1ccc([As](c2ccccc2)c2ccccc2)cc1. The van der Waals surface area contributed by atoms with Crippen LogP contribution in [0.15, 0.2) is 195 Å². The van der Waals surface area contributed by atoms with Crippen LogP contribution in [0.5, 0.6) is 0 Å². The first-order chi connectivity index (χ1) is 21.7. The summed E-state index contributed by atoms with van der Waals surface area (Å²) in [5.74, 6) is 0. The Morgan fingerprint density at radius 1 is 0.364 bits per heavy atom. The predicted octanol–water partition coefficient (Wildman–Crippen LogP) is 6.79. The van der Waals surface area contributed by atoms with Gasteiger partial charge in [-0.2, -0.15) is 0 Å². The van der Waals surface area contributed by atoms with E-state index < -0.39 is 29.3 Å². The zero-order chi connectivity index (χ0) is 31.2. The van der Waals surface area contributed by atoms with Crippen LogP contribution in [0.3, 0.4) is 0 Å². The van der Waals surface area contributed by atoms with Gasteiger partial charge in [-0.25, -0.2) is 0 Å². The van der Waals surface area contributed by atoms with E-state index in [1.54, 1.807) is 0 Å². The average molecular weight is 827 g/mol. The molecule has 5 heteroatoms. The van der Waals surface area contributed by atoms with Crippen molar-refractivity contribution in [3.8, 4) is 0 Å². The molecule has 44 heavy (non-hydrogen) atoms. The fourth-order valence-corrected chi connectivity index (χ4v) is 14.0. The van der Waals surface area contributed by atoms with Crippen molar-refractivity contribution >= 4 is 74.8 Å². The Morgan fingerprint density at radius 2 is 0.477 bits per heavy atom. The van der Waals surface area contributed by atoms with Crippen LogP contribution in [-0.2, 0) is 15.1 Å². The van der Waals surface area contributed by atoms with Crippen LogP contribution in [0.1, 0.15) is 0 Å². The molecule has 0 aromatic heterocycles. The topological polar surface area (TPSA) is 0 Å². The zero-order valence-electron chi connectivity index (χ0n) is 24.3. The molecule has 0 aliphatic carbocycles. The molecule has 0 spiro atoms. The number of allylic oxidation sites excluding steroid dienone is 1. The molecule has 0 N–H and O–H groups in total. The number of halogens is 2. The monoisotopic (exact) mass is 826 g/mol. The molecule has 0 fully saturated rings. The summed E-state index contributed by atoms with van der Waals surface area (Å²) < 4.78 is 8.87. The van der Waals surface area contributed by atoms with Crippen molar-refractivity contribution in [2.75, 3.05) is 0 Å². The van der Waals surface area contributed by atoms with Crippen LogP contribution in [0.2, 0.25) is 0 Å². The third kappa shape index (κ3) is 12.1. The van der Waals surface area contributed by atoms with Crippen LogP contribution in [-0.4, -0.2) is 29.3 Å². The normalized spacial score (nSPS) is 9.93. The quantitative estimate of drug-likeness (QED) is 0.163. The van der Waals surface area contributed by atoms with Gasteiger partial charge in [-0.1, -0.05) is 6.08 Å². The van der Waals surface area contributed by atoms with E-state index in [0.717, 1.165) is 0 Å². The first kappa shape index (κ1) is 35.9. The number of rotatable bonds is 6. The van der Waals surface area contributed by atoms with Gasteiger partial charge in [-0.05, 0) is 6.92 Å². The van der Waals surface area contributed by atoms with Crippen LogP contribution in [0.25, 0.3) is 0 Å². The molecule has 6 rings (SSSR count). The average Bonchev–Trinajstić information content (AvgIpc) is 3.09. The van der Waals surface area contributed by atoms with Crippen molar-refractivity contribution in [2.45, 2.75) is 0 Å². The summed E-state index contributed by atoms with van der Waals surface area (Å²) in [4.78, 5) is 0. The Morgan fingerprint density at radius 3 is 0.591 bits per heavy atom. The van der Waals surface area contributed by atoms with Gasteiger partial charge in [0.2, 0.25) is 0 Å². The molecule has 6 aromatic carbocycles. The molecule has 224 valence electrons. The van der Waals surface area contributed by atoms with Crippen molar-refractivity contribution in [2.24, 2.45) is 0 Å². The van der Waals surface area contributed by atoms with Gasteiger partial charge in [-0.3, -0.25) is 0 Å². The molecule has 1 radical (unpaired) electrons. The molecule has 0 nitrogen and oxygen atoms in total. The van der Waals surface area contributed by atoms with Gasteiger partial charge in [0.25, 0.3) is 0 Å². The fourth-order valence-electron chi connectivity index (χ4n) is 4.36. The van der Waals surface area contributed by atoms with Crippen LogP contribution < -0.4 is 26.1 Å². The number of hydrogen-bond donors (Lipinski definition) is 0. The Balaban J connectivity index is 0.000000204. The number of hydrogen-bond acceptors (Lipinski definition) is 0. The van der Waals surface area contributed by atoms with Crippen LogP contribution in [0, 0.1) is 6.92 Å². The van der Waals surface area contributed by atoms with Gasteiger partial charge in [-0.15, -0.1) is 6.58 Å². The minimum absolute atomic E-state index is 0.226. The molecule has 0 heterocycles. The maximum atomic E-state index is 4.83. The summed E-state index contributed by atoms with van der Waals surface area (Å²) in [6, 6.07) is 65.4. The zero-order valence-corrected chi connectivity index (χ0v) is 31.2. The molecule has 6 aromatic rings. The fraction of sp³-hybridized carbons (Fsp3) is 0. The van der Waals surface area contributed by atoms with Crippen molar-refractivity contribution in [3.05, 3.63) is 202 Å². The Labute approximate surface area is 289 Å². The third-order valence-electron chi connectivity index (χ3n) is 6.09. The van der Waals surface area contributed by atoms with E-state index in [0.29, 0.717) is 0 Å². The molecule has 0 aliphatic rings. The summed E-state index contributed by atoms with van der Waals surface area (Å²) in [6.07, 6.45) is 1.50. The molecular formula is C39H35As2Cl2Rh. The van der Waals surface area contributed by atoms with Gasteiger partial charge in [0.1, 0.15) is 0 Å². The molecule has 0 amide bonds. The first-order valence-corrected chi connectivity index (χ1v) is 23.7. The molecule has 0 unspecified atom stereocenters. The van der Waals surface area contributed by atoms with Gasteiger partial charge >= 0.3 is 272 Å². The molecule has 0 saturated heterocycles. The van der Waals surface area contributed by atoms with Gasteiger partial charge < -0.3 is 0 Å². The van der Waals surface area contributed by atoms with E-state index in [2.05, 4.69) is 195 Å². The molecule has 0 aliphatic heterocycles. The molecule has 0 saturated carbocycles. The third-order valence-corrected chi connectivity index (χ3v) is 16.3. The summed E-state index contributed by atoms with van der Waals surface area (Å²) >= 11 is -3.00. The summed E-state index contributed by atoms with van der Waals surface area (Å²) in [6.45, 7) is 6.50. The first-order valence-electron chi connectivity index (χ1n) is 13.9. The van der Waals surface area contributed by atoms with E-state index in [-0.39, 0.29) is 15.1 Å². The second-order valence-electron chi connectivity index (χ2n) is 9.02. The van der Waals surface area contributed by atoms with Crippen molar-refractivity contribution in [1.29, 1.82) is 0 Å². The minimum atomic E-state index is -1.39. The van der Waals surface area contributed by atoms with E-state index >= 15 is 0 Å². The molecule has 0 atom stereocenters. The van der Waals surface area contributed by atoms with Crippen molar-refractivity contribution < 1.29 is 15.1 Å². The number of benzene rings is 6. The Hall–Kier alpha value is -2.62. The summed E-state index contributed by atoms with van der Waals surface area (Å²) in [5.41, 5.74) is 0. The van der Waals surface area contributed by atoms with Crippen molar-refractivity contribution in [1.82, 2.24) is 0 Å². The Bertz CT molecular complexity index is 1250. The van der Waals surface area contributed by atoms with Gasteiger partial charge in [0.05, 0.1) is 0 Å². The van der Waals surface area contributed by atoms with E-state index in [1.165, 1.54) is 32.2 Å². The standard InChI is InChI=1S/2C18H15As.C3H5.2ClH.Rh/c2*1-4-10-16(11-5-1)19(17-12-6-2-7-13-17)18-14-8-3-9-15-18;1-3-2;;;/h2*1-15H;3H,1-2H2;2*1H;/q;;;;;+2/p-2. The van der Waals surface area contributed by atoms with Gasteiger partial charge in [0, 0.05) is 0 Å². The second kappa shape index (κ2) is 22.0. The maximum absolute atomic E-state index is 4.83. The summed E-state index contributed by atoms with van der Waals surface area (Å²) in [5, 5.41) is 0. The molecular weight excluding hydrogens is 792 g/mol. The van der Waals surface area contributed by atoms with Gasteiger partial charge in [0.15, 0.2) is 0 Å². The van der Waals surface area contributed by atoms with E-state index in [4.69, 9.17) is 19.4 Å². The second-order valence-corrected chi connectivity index (χ2v) is 20.8. The van der Waals surface area contributed by atoms with Crippen LogP contribution >= 0.6 is 19.4 Å². The van der Waals surface area contributed by atoms with E-state index in [1.807, 2.05) is 0 Å². The Kier molecular flexibility index (Phi) is 17.9. The molecule has 0 bridgehead atoms. The van der Waals surface area contributed by atoms with Crippen molar-refractivity contribution in [3.63, 3.8) is 0 Å². The summed E-state index contributed by atoms with van der Waals surface area (Å²) in [7, 11) is 9.67. The predicted molar refractivity (Wildman–Crippen MR) is 195 cm³/mol. The van der Waals surface area contributed by atoms with Crippen LogP contribution in [0.4, 0.5) is 0 Å². The van der Waals surface area contributed by atoms with E-state index in [9.17, 15) is 0 Å².